The van der Waals surface area contributed by atoms with Gasteiger partial charge in [0.2, 0.25) is 0 Å². The summed E-state index contributed by atoms with van der Waals surface area (Å²) in [5.41, 5.74) is 0. The normalized spacial score (nSPS) is 12.5. The van der Waals surface area contributed by atoms with Gasteiger partial charge >= 0.3 is 0 Å². The maximum Gasteiger partial charge on any atom is 0.176 e. The third kappa shape index (κ3) is 39.1. The number of ketones is 1. The van der Waals surface area contributed by atoms with Crippen LogP contribution >= 0.6 is 0 Å². The molecule has 0 aromatic rings. The lowest BCUT2D eigenvalue weighted by Gasteiger charge is -2.02. The van der Waals surface area contributed by atoms with Gasteiger partial charge in [-0.15, -0.1) is 12.8 Å². The second-order valence-corrected chi connectivity index (χ2v) is 12.9. The summed E-state index contributed by atoms with van der Waals surface area (Å²) in [6, 6.07) is 0. The van der Waals surface area contributed by atoms with Crippen molar-refractivity contribution >= 4 is 5.78 Å². The summed E-state index contributed by atoms with van der Waals surface area (Å²) in [5, 5.41) is 19.1. The van der Waals surface area contributed by atoms with Crippen LogP contribution in [0.1, 0.15) is 173 Å². The summed E-state index contributed by atoms with van der Waals surface area (Å²) >= 11 is 0. The summed E-state index contributed by atoms with van der Waals surface area (Å²) in [5.74, 6) is 16.8. The van der Waals surface area contributed by atoms with Gasteiger partial charge in [-0.25, -0.2) is 0 Å². The van der Waals surface area contributed by atoms with Gasteiger partial charge in [-0.1, -0.05) is 137 Å². The van der Waals surface area contributed by atoms with E-state index >= 15 is 0 Å². The molecule has 0 aromatic carbocycles. The van der Waals surface area contributed by atoms with E-state index in [-0.39, 0.29) is 5.78 Å². The lowest BCUT2D eigenvalue weighted by atomic mass is 10.0. The van der Waals surface area contributed by atoms with Gasteiger partial charge in [-0.05, 0) is 102 Å². The number of aliphatic hydroxyl groups is 2. The van der Waals surface area contributed by atoms with E-state index in [4.69, 9.17) is 12.8 Å². The lowest BCUT2D eigenvalue weighted by Crippen LogP contribution is -1.97. The Hall–Kier alpha value is -3.21. The Balaban J connectivity index is 3.51. The summed E-state index contributed by atoms with van der Waals surface area (Å²) in [7, 11) is 0. The third-order valence-corrected chi connectivity index (χ3v) is 8.28. The first-order valence-corrected chi connectivity index (χ1v) is 19.5. The second-order valence-electron chi connectivity index (χ2n) is 12.9. The molecule has 0 radical (unpaired) electrons. The maximum absolute atomic E-state index is 12.1. The summed E-state index contributed by atoms with van der Waals surface area (Å²) < 4.78 is 0. The van der Waals surface area contributed by atoms with E-state index in [0.29, 0.717) is 6.42 Å². The van der Waals surface area contributed by atoms with Crippen LogP contribution in [0.15, 0.2) is 48.6 Å². The van der Waals surface area contributed by atoms with Crippen molar-refractivity contribution in [3.63, 3.8) is 0 Å². The van der Waals surface area contributed by atoms with Crippen LogP contribution in [0.4, 0.5) is 0 Å². The fraction of sp³-hybridized carbons (Fsp3) is 0.630. The minimum atomic E-state index is -0.857. The predicted molar refractivity (Wildman–Crippen MR) is 211 cm³/mol. The van der Waals surface area contributed by atoms with E-state index < -0.39 is 12.2 Å². The molecule has 0 aromatic heterocycles. The maximum atomic E-state index is 12.1. The zero-order valence-electron chi connectivity index (χ0n) is 30.8. The van der Waals surface area contributed by atoms with Crippen LogP contribution in [0.5, 0.6) is 0 Å². The highest BCUT2D eigenvalue weighted by Gasteiger charge is 1.97. The van der Waals surface area contributed by atoms with Crippen LogP contribution in [0.3, 0.4) is 0 Å². The second kappa shape index (κ2) is 39.2. The molecule has 0 aliphatic rings. The number of hydrogen-bond acceptors (Lipinski definition) is 3. The monoisotopic (exact) mass is 669 g/mol. The third-order valence-electron chi connectivity index (χ3n) is 8.28. The Morgan fingerprint density at radius 1 is 0.531 bits per heavy atom. The van der Waals surface area contributed by atoms with Crippen molar-refractivity contribution in [1.82, 2.24) is 0 Å². The molecule has 0 saturated carbocycles. The minimum Gasteiger partial charge on any atom is -0.377 e. The van der Waals surface area contributed by atoms with E-state index in [0.717, 1.165) is 96.3 Å². The molecule has 0 amide bonds. The standard InChI is InChI=1S/C46H68O3/c1-3-5-6-7-8-9-10-11-12-13-14-15-16-19-25-30-35-40-45(48)41-36-31-26-20-17-18-21-27-32-37-42-46(49)43-38-33-28-23-22-24-29-34-39-44(47)4-2/h1-2,5-6,17,20,34-35,39-40,44,46-47,49H,7-16,18-19,21-33,36,41H2/b6-5?,20-17?,39-34+,40-35+/t44-,46-/m1/s1. The van der Waals surface area contributed by atoms with Crippen LogP contribution in [0.2, 0.25) is 0 Å². The van der Waals surface area contributed by atoms with Gasteiger partial charge in [0.15, 0.2) is 11.9 Å². The van der Waals surface area contributed by atoms with Gasteiger partial charge in [0.25, 0.3) is 0 Å². The number of terminal acetylenes is 2. The van der Waals surface area contributed by atoms with Gasteiger partial charge in [0.1, 0.15) is 6.10 Å². The zero-order valence-corrected chi connectivity index (χ0v) is 30.8. The topological polar surface area (TPSA) is 57.5 Å². The molecule has 0 aliphatic carbocycles. The number of unbranched alkanes of at least 4 members (excludes halogenated alkanes) is 22. The molecule has 0 aliphatic heterocycles. The average Bonchev–Trinajstić information content (AvgIpc) is 3.10. The quantitative estimate of drug-likeness (QED) is 0.0334. The Kier molecular flexibility index (Phi) is 36.7. The molecule has 0 bridgehead atoms. The molecule has 49 heavy (non-hydrogen) atoms. The Bertz CT molecular complexity index is 1100. The molecule has 0 spiro atoms. The van der Waals surface area contributed by atoms with Crippen LogP contribution in [0, 0.1) is 48.4 Å². The minimum absolute atomic E-state index is 0.265. The van der Waals surface area contributed by atoms with Crippen molar-refractivity contribution in [2.75, 3.05) is 0 Å². The van der Waals surface area contributed by atoms with Gasteiger partial charge in [0.05, 0.1) is 0 Å². The number of carbonyl (C=O) groups is 1. The molecule has 3 nitrogen and oxygen atoms in total. The molecule has 3 heteroatoms. The average molecular weight is 669 g/mol. The largest absolute Gasteiger partial charge is 0.377 e. The zero-order chi connectivity index (χ0) is 35.7. The SMILES string of the molecule is C#CC=CCCCCCCCCCCCCC/C=C/C(=O)CCCCC=CCCCCC#C[C@@H](O)C#CCCCCCC/C=C/[C@H](O)C#C. The number of rotatable bonds is 31. The first-order chi connectivity index (χ1) is 24.1. The van der Waals surface area contributed by atoms with E-state index in [1.165, 1.54) is 70.6 Å². The summed E-state index contributed by atoms with van der Waals surface area (Å²) in [4.78, 5) is 12.1. The smallest absolute Gasteiger partial charge is 0.176 e. The number of aliphatic hydroxyl groups excluding tert-OH is 2. The van der Waals surface area contributed by atoms with E-state index in [9.17, 15) is 15.0 Å². The Morgan fingerprint density at radius 3 is 1.51 bits per heavy atom. The summed E-state index contributed by atoms with van der Waals surface area (Å²) in [6.07, 6.45) is 54.8. The first kappa shape index (κ1) is 45.8. The Morgan fingerprint density at radius 2 is 0.959 bits per heavy atom. The van der Waals surface area contributed by atoms with Crippen LogP contribution < -0.4 is 0 Å². The van der Waals surface area contributed by atoms with Crippen molar-refractivity contribution in [3.05, 3.63) is 48.6 Å². The van der Waals surface area contributed by atoms with Gasteiger partial charge in [-0.2, -0.15) is 0 Å². The highest BCUT2D eigenvalue weighted by atomic mass is 16.3. The van der Waals surface area contributed by atoms with E-state index in [2.05, 4.69) is 59.8 Å². The Labute approximate surface area is 302 Å². The number of hydrogen-bond donors (Lipinski definition) is 2. The highest BCUT2D eigenvalue weighted by Crippen LogP contribution is 2.13. The van der Waals surface area contributed by atoms with Gasteiger partial charge in [0, 0.05) is 19.3 Å². The molecule has 0 unspecified atom stereocenters. The van der Waals surface area contributed by atoms with Crippen molar-refractivity contribution in [2.24, 2.45) is 0 Å². The molecule has 2 N–H and O–H groups in total. The predicted octanol–water partition coefficient (Wildman–Crippen LogP) is 11.3. The fourth-order valence-corrected chi connectivity index (χ4v) is 5.32. The van der Waals surface area contributed by atoms with Gasteiger partial charge < -0.3 is 10.2 Å². The van der Waals surface area contributed by atoms with E-state index in [1.807, 2.05) is 6.08 Å². The van der Waals surface area contributed by atoms with Crippen LogP contribution in [-0.4, -0.2) is 28.2 Å². The summed E-state index contributed by atoms with van der Waals surface area (Å²) in [6.45, 7) is 0. The fourth-order valence-electron chi connectivity index (χ4n) is 5.32. The molecule has 0 fully saturated rings. The molecular formula is C46H68O3. The molecule has 0 heterocycles. The van der Waals surface area contributed by atoms with Crippen molar-refractivity contribution in [3.8, 4) is 48.4 Å². The van der Waals surface area contributed by atoms with Crippen LogP contribution in [-0.2, 0) is 4.79 Å². The van der Waals surface area contributed by atoms with Crippen molar-refractivity contribution in [2.45, 2.75) is 186 Å². The van der Waals surface area contributed by atoms with Crippen molar-refractivity contribution in [1.29, 1.82) is 0 Å². The number of carbonyl (C=O) groups excluding carboxylic acids is 1. The molecule has 0 saturated heterocycles. The molecule has 0 rings (SSSR count). The van der Waals surface area contributed by atoms with Crippen LogP contribution in [0.25, 0.3) is 0 Å². The van der Waals surface area contributed by atoms with Crippen molar-refractivity contribution < 1.29 is 15.0 Å². The highest BCUT2D eigenvalue weighted by molar-refractivity contribution is 5.89. The lowest BCUT2D eigenvalue weighted by molar-refractivity contribution is -0.114. The molecule has 2 atom stereocenters. The molecule has 270 valence electrons. The number of allylic oxidation sites excluding steroid dienone is 7. The first-order valence-electron chi connectivity index (χ1n) is 19.5. The molecular weight excluding hydrogens is 601 g/mol. The van der Waals surface area contributed by atoms with E-state index in [1.54, 1.807) is 18.2 Å². The van der Waals surface area contributed by atoms with Gasteiger partial charge in [-0.3, -0.25) is 4.79 Å².